The lowest BCUT2D eigenvalue weighted by molar-refractivity contribution is -0.0735. The Kier molecular flexibility index (Phi) is 3.20. The monoisotopic (exact) mass is 266 g/mol. The fraction of sp³-hybridized carbons (Fsp3) is 0.692. The van der Waals surface area contributed by atoms with Crippen molar-refractivity contribution in [3.8, 4) is 0 Å². The van der Waals surface area contributed by atoms with Gasteiger partial charge in [0.1, 0.15) is 5.69 Å². The van der Waals surface area contributed by atoms with E-state index in [9.17, 15) is 4.79 Å². The zero-order valence-electron chi connectivity index (χ0n) is 10.6. The van der Waals surface area contributed by atoms with E-state index in [0.717, 1.165) is 43.1 Å². The van der Waals surface area contributed by atoms with E-state index in [4.69, 9.17) is 4.74 Å². The summed E-state index contributed by atoms with van der Waals surface area (Å²) in [5.74, 6) is 2.54. The minimum atomic E-state index is -0.0260. The van der Waals surface area contributed by atoms with Crippen molar-refractivity contribution in [2.75, 3.05) is 18.1 Å². The van der Waals surface area contributed by atoms with Crippen LogP contribution in [0.15, 0.2) is 12.5 Å². The molecule has 2 aliphatic rings. The summed E-state index contributed by atoms with van der Waals surface area (Å²) in [6, 6.07) is 0. The Morgan fingerprint density at radius 2 is 2.56 bits per heavy atom. The topological polar surface area (TPSA) is 44.1 Å². The van der Waals surface area contributed by atoms with Gasteiger partial charge in [-0.1, -0.05) is 0 Å². The van der Waals surface area contributed by atoms with Crippen LogP contribution in [0.5, 0.6) is 0 Å². The van der Waals surface area contributed by atoms with Gasteiger partial charge in [0.15, 0.2) is 5.78 Å². The van der Waals surface area contributed by atoms with E-state index in [-0.39, 0.29) is 17.3 Å². The Morgan fingerprint density at radius 1 is 1.67 bits per heavy atom. The molecule has 3 heterocycles. The van der Waals surface area contributed by atoms with Gasteiger partial charge in [-0.25, -0.2) is 4.98 Å². The number of Topliss-reactive ketones (excluding diaryl/α,β-unsaturated/α-hetero) is 1. The summed E-state index contributed by atoms with van der Waals surface area (Å²) >= 11 is 1.94. The maximum atomic E-state index is 12.5. The van der Waals surface area contributed by atoms with Gasteiger partial charge in [-0.15, -0.1) is 0 Å². The summed E-state index contributed by atoms with van der Waals surface area (Å²) < 4.78 is 7.77. The van der Waals surface area contributed by atoms with Crippen molar-refractivity contribution in [3.63, 3.8) is 0 Å². The number of aromatic nitrogens is 2. The van der Waals surface area contributed by atoms with Gasteiger partial charge in [-0.2, -0.15) is 11.8 Å². The van der Waals surface area contributed by atoms with Gasteiger partial charge < -0.3 is 9.30 Å². The molecule has 0 saturated carbocycles. The first-order chi connectivity index (χ1) is 8.70. The summed E-state index contributed by atoms with van der Waals surface area (Å²) in [4.78, 5) is 16.5. The number of ether oxygens (including phenoxy) is 1. The third-order valence-corrected chi connectivity index (χ3v) is 5.22. The molecule has 3 rings (SSSR count). The Balaban J connectivity index is 1.76. The van der Waals surface area contributed by atoms with Crippen molar-refractivity contribution in [1.29, 1.82) is 0 Å². The predicted molar refractivity (Wildman–Crippen MR) is 70.9 cm³/mol. The largest absolute Gasteiger partial charge is 0.374 e. The molecule has 0 radical (unpaired) electrons. The van der Waals surface area contributed by atoms with Crippen LogP contribution < -0.4 is 0 Å². The zero-order chi connectivity index (χ0) is 12.6. The molecular weight excluding hydrogens is 248 g/mol. The van der Waals surface area contributed by atoms with Crippen LogP contribution in [0.2, 0.25) is 0 Å². The average molecular weight is 266 g/mol. The van der Waals surface area contributed by atoms with Gasteiger partial charge in [0.05, 0.1) is 18.1 Å². The summed E-state index contributed by atoms with van der Waals surface area (Å²) in [6.45, 7) is 0.717. The van der Waals surface area contributed by atoms with Crippen molar-refractivity contribution >= 4 is 17.5 Å². The number of carbonyl (C=O) groups excluding carboxylic acids is 1. The quantitative estimate of drug-likeness (QED) is 0.767. The van der Waals surface area contributed by atoms with Crippen molar-refractivity contribution in [2.24, 2.45) is 13.0 Å². The SMILES string of the molecule is Cn1cncc1C(=O)C1CCOC2(CCSC2)C1. The molecule has 4 nitrogen and oxygen atoms in total. The molecule has 2 unspecified atom stereocenters. The van der Waals surface area contributed by atoms with Crippen molar-refractivity contribution < 1.29 is 9.53 Å². The Labute approximate surface area is 111 Å². The third-order valence-electron chi connectivity index (χ3n) is 4.00. The standard InChI is InChI=1S/C13H18N2O2S/c1-15-9-14-7-11(15)12(16)10-2-4-17-13(6-10)3-5-18-8-13/h7,9-10H,2-6,8H2,1H3. The van der Waals surface area contributed by atoms with Crippen LogP contribution in [-0.2, 0) is 11.8 Å². The number of imidazole rings is 1. The van der Waals surface area contributed by atoms with Gasteiger partial charge >= 0.3 is 0 Å². The lowest BCUT2D eigenvalue weighted by Crippen LogP contribution is -2.42. The highest BCUT2D eigenvalue weighted by Crippen LogP contribution is 2.41. The fourth-order valence-electron chi connectivity index (χ4n) is 2.92. The molecule has 1 aromatic rings. The normalized spacial score (nSPS) is 31.9. The molecule has 0 N–H and O–H groups in total. The number of hydrogen-bond donors (Lipinski definition) is 0. The minimum Gasteiger partial charge on any atom is -0.374 e. The highest BCUT2D eigenvalue weighted by molar-refractivity contribution is 7.99. The van der Waals surface area contributed by atoms with E-state index in [1.165, 1.54) is 0 Å². The van der Waals surface area contributed by atoms with E-state index in [2.05, 4.69) is 4.98 Å². The summed E-state index contributed by atoms with van der Waals surface area (Å²) in [7, 11) is 1.88. The van der Waals surface area contributed by atoms with E-state index in [1.807, 2.05) is 23.4 Å². The van der Waals surface area contributed by atoms with E-state index in [0.29, 0.717) is 0 Å². The molecule has 18 heavy (non-hydrogen) atoms. The number of thioether (sulfide) groups is 1. The van der Waals surface area contributed by atoms with Crippen LogP contribution in [0, 0.1) is 5.92 Å². The van der Waals surface area contributed by atoms with Gasteiger partial charge in [0, 0.05) is 25.3 Å². The van der Waals surface area contributed by atoms with Crippen LogP contribution in [0.1, 0.15) is 29.8 Å². The molecule has 1 spiro atoms. The molecule has 0 amide bonds. The zero-order valence-corrected chi connectivity index (χ0v) is 11.4. The molecule has 2 atom stereocenters. The lowest BCUT2D eigenvalue weighted by atomic mass is 9.82. The van der Waals surface area contributed by atoms with E-state index in [1.54, 1.807) is 12.5 Å². The molecule has 98 valence electrons. The molecule has 2 aliphatic heterocycles. The lowest BCUT2D eigenvalue weighted by Gasteiger charge is -2.37. The molecule has 0 bridgehead atoms. The minimum absolute atomic E-state index is 0.0260. The second-order valence-electron chi connectivity index (χ2n) is 5.28. The number of rotatable bonds is 2. The van der Waals surface area contributed by atoms with Gasteiger partial charge in [-0.3, -0.25) is 4.79 Å². The Morgan fingerprint density at radius 3 is 3.22 bits per heavy atom. The van der Waals surface area contributed by atoms with Crippen molar-refractivity contribution in [3.05, 3.63) is 18.2 Å². The Hall–Kier alpha value is -0.810. The van der Waals surface area contributed by atoms with Crippen LogP contribution in [0.3, 0.4) is 0 Å². The molecule has 2 saturated heterocycles. The van der Waals surface area contributed by atoms with Crippen molar-refractivity contribution in [1.82, 2.24) is 9.55 Å². The highest BCUT2D eigenvalue weighted by Gasteiger charge is 2.42. The van der Waals surface area contributed by atoms with Crippen LogP contribution in [-0.4, -0.2) is 39.0 Å². The third kappa shape index (κ3) is 2.10. The molecule has 0 aromatic carbocycles. The summed E-state index contributed by atoms with van der Waals surface area (Å²) in [5.41, 5.74) is 0.699. The molecule has 0 aliphatic carbocycles. The number of carbonyl (C=O) groups is 1. The number of ketones is 1. The van der Waals surface area contributed by atoms with E-state index >= 15 is 0 Å². The van der Waals surface area contributed by atoms with Gasteiger partial charge in [-0.05, 0) is 25.0 Å². The predicted octanol–water partition coefficient (Wildman–Crippen LogP) is 1.91. The second-order valence-corrected chi connectivity index (χ2v) is 6.38. The maximum absolute atomic E-state index is 12.5. The van der Waals surface area contributed by atoms with Crippen LogP contribution in [0.4, 0.5) is 0 Å². The molecule has 5 heteroatoms. The van der Waals surface area contributed by atoms with Crippen LogP contribution in [0.25, 0.3) is 0 Å². The first kappa shape index (κ1) is 12.2. The number of hydrogen-bond acceptors (Lipinski definition) is 4. The fourth-order valence-corrected chi connectivity index (χ4v) is 4.30. The summed E-state index contributed by atoms with van der Waals surface area (Å²) in [6.07, 6.45) is 6.18. The maximum Gasteiger partial charge on any atom is 0.184 e. The molecular formula is C13H18N2O2S. The highest BCUT2D eigenvalue weighted by atomic mass is 32.2. The number of aryl methyl sites for hydroxylation is 1. The smallest absolute Gasteiger partial charge is 0.184 e. The molecule has 2 fully saturated rings. The van der Waals surface area contributed by atoms with Crippen LogP contribution >= 0.6 is 11.8 Å². The molecule has 1 aromatic heterocycles. The van der Waals surface area contributed by atoms with E-state index < -0.39 is 0 Å². The first-order valence-electron chi connectivity index (χ1n) is 6.42. The average Bonchev–Trinajstić information content (AvgIpc) is 2.98. The number of nitrogens with zero attached hydrogens (tertiary/aromatic N) is 2. The van der Waals surface area contributed by atoms with Gasteiger partial charge in [0.25, 0.3) is 0 Å². The first-order valence-corrected chi connectivity index (χ1v) is 7.58. The second kappa shape index (κ2) is 4.70. The summed E-state index contributed by atoms with van der Waals surface area (Å²) in [5, 5.41) is 0. The van der Waals surface area contributed by atoms with Gasteiger partial charge in [0.2, 0.25) is 0 Å². The Bertz CT molecular complexity index is 452. The van der Waals surface area contributed by atoms with Crippen molar-refractivity contribution in [2.45, 2.75) is 24.9 Å².